The molecule has 0 spiro atoms. The van der Waals surface area contributed by atoms with Crippen LogP contribution in [0.15, 0.2) is 24.3 Å². The predicted octanol–water partition coefficient (Wildman–Crippen LogP) is 2.10. The van der Waals surface area contributed by atoms with Crippen molar-refractivity contribution in [3.8, 4) is 16.4 Å². The van der Waals surface area contributed by atoms with Crippen LogP contribution in [0.5, 0.6) is 0 Å². The molecule has 0 saturated carbocycles. The maximum absolute atomic E-state index is 11.4. The van der Waals surface area contributed by atoms with Crippen molar-refractivity contribution < 1.29 is 9.90 Å². The smallest absolute Gasteiger partial charge is 0.358 e. The molecule has 3 aromatic rings. The largest absolute Gasteiger partial charge is 0.476 e. The van der Waals surface area contributed by atoms with E-state index in [2.05, 4.69) is 20.5 Å². The van der Waals surface area contributed by atoms with E-state index < -0.39 is 5.97 Å². The van der Waals surface area contributed by atoms with Gasteiger partial charge in [0, 0.05) is 5.56 Å². The molecule has 0 unspecified atom stereocenters. The van der Waals surface area contributed by atoms with Crippen LogP contribution in [-0.4, -0.2) is 36.3 Å². The van der Waals surface area contributed by atoms with E-state index in [1.54, 1.807) is 0 Å². The minimum atomic E-state index is -1.12. The van der Waals surface area contributed by atoms with Crippen molar-refractivity contribution >= 4 is 17.3 Å². The van der Waals surface area contributed by atoms with E-state index in [1.165, 1.54) is 16.0 Å². The average molecular weight is 301 g/mol. The summed E-state index contributed by atoms with van der Waals surface area (Å²) in [5, 5.41) is 26.2. The summed E-state index contributed by atoms with van der Waals surface area (Å²) in [6.45, 7) is 3.73. The highest BCUT2D eigenvalue weighted by atomic mass is 32.1. The number of carboxylic acids is 1. The zero-order valence-corrected chi connectivity index (χ0v) is 12.1. The van der Waals surface area contributed by atoms with Gasteiger partial charge in [-0.25, -0.2) is 4.79 Å². The first kappa shape index (κ1) is 13.4. The zero-order chi connectivity index (χ0) is 15.0. The lowest BCUT2D eigenvalue weighted by atomic mass is 10.0. The molecule has 0 bridgehead atoms. The van der Waals surface area contributed by atoms with Crippen molar-refractivity contribution in [2.75, 3.05) is 0 Å². The lowest BCUT2D eigenvalue weighted by molar-refractivity contribution is 0.0691. The fourth-order valence-electron chi connectivity index (χ4n) is 2.01. The summed E-state index contributed by atoms with van der Waals surface area (Å²) in [4.78, 5) is 11.4. The Hall–Kier alpha value is -2.61. The maximum Gasteiger partial charge on any atom is 0.358 e. The molecule has 1 N–H and O–H groups in total. The molecule has 21 heavy (non-hydrogen) atoms. The van der Waals surface area contributed by atoms with Crippen molar-refractivity contribution in [3.63, 3.8) is 0 Å². The van der Waals surface area contributed by atoms with Gasteiger partial charge in [-0.3, -0.25) is 0 Å². The van der Waals surface area contributed by atoms with Gasteiger partial charge in [0.15, 0.2) is 5.69 Å². The summed E-state index contributed by atoms with van der Waals surface area (Å²) in [7, 11) is 0. The molecule has 0 radical (unpaired) electrons. The van der Waals surface area contributed by atoms with Gasteiger partial charge in [0.05, 0.1) is 0 Å². The van der Waals surface area contributed by atoms with Crippen LogP contribution >= 0.6 is 11.3 Å². The van der Waals surface area contributed by atoms with Gasteiger partial charge in [0.1, 0.15) is 10.7 Å². The number of aromatic carboxylic acids is 1. The fourth-order valence-corrected chi connectivity index (χ4v) is 2.65. The molecular weight excluding hydrogens is 290 g/mol. The number of aryl methyl sites for hydroxylation is 2. The topological polar surface area (TPSA) is 93.8 Å². The van der Waals surface area contributed by atoms with Gasteiger partial charge in [-0.1, -0.05) is 40.8 Å². The van der Waals surface area contributed by atoms with Crippen molar-refractivity contribution in [1.29, 1.82) is 0 Å². The number of aromatic nitrogens is 5. The number of benzene rings is 1. The first-order chi connectivity index (χ1) is 10.1. The van der Waals surface area contributed by atoms with E-state index in [4.69, 9.17) is 0 Å². The Labute approximate surface area is 123 Å². The van der Waals surface area contributed by atoms with E-state index in [9.17, 15) is 9.90 Å². The highest BCUT2D eigenvalue weighted by Crippen LogP contribution is 2.28. The number of carboxylic acid groups (broad SMARTS) is 1. The number of hydrogen-bond acceptors (Lipinski definition) is 6. The van der Waals surface area contributed by atoms with Gasteiger partial charge in [-0.2, -0.15) is 4.68 Å². The van der Waals surface area contributed by atoms with Crippen LogP contribution in [0, 0.1) is 13.8 Å². The third-order valence-corrected chi connectivity index (χ3v) is 3.78. The predicted molar refractivity (Wildman–Crippen MR) is 76.7 cm³/mol. The molecule has 0 fully saturated rings. The second-order valence-electron chi connectivity index (χ2n) is 4.42. The zero-order valence-electron chi connectivity index (χ0n) is 11.3. The van der Waals surface area contributed by atoms with E-state index in [0.29, 0.717) is 10.8 Å². The van der Waals surface area contributed by atoms with E-state index >= 15 is 0 Å². The lowest BCUT2D eigenvalue weighted by Crippen LogP contribution is -2.04. The molecule has 0 aliphatic rings. The molecule has 0 aliphatic heterocycles. The standard InChI is InChI=1S/C13H11N5O2S/c1-7-5-3-4-6-9(7)11-10(12(19)20)15-17-18(11)13-16-14-8(2)21-13/h3-6H,1-2H3,(H,19,20). The van der Waals surface area contributed by atoms with Crippen molar-refractivity contribution in [2.24, 2.45) is 0 Å². The molecule has 0 aliphatic carbocycles. The third kappa shape index (κ3) is 2.29. The molecule has 1 aromatic carbocycles. The molecule has 2 aromatic heterocycles. The Morgan fingerprint density at radius 1 is 1.19 bits per heavy atom. The van der Waals surface area contributed by atoms with Crippen LogP contribution in [-0.2, 0) is 0 Å². The Kier molecular flexibility index (Phi) is 3.22. The van der Waals surface area contributed by atoms with Gasteiger partial charge < -0.3 is 5.11 Å². The maximum atomic E-state index is 11.4. The molecule has 2 heterocycles. The summed E-state index contributed by atoms with van der Waals surface area (Å²) >= 11 is 1.33. The van der Waals surface area contributed by atoms with Crippen molar-refractivity contribution in [1.82, 2.24) is 25.2 Å². The number of carbonyl (C=O) groups is 1. The first-order valence-electron chi connectivity index (χ1n) is 6.13. The first-order valence-corrected chi connectivity index (χ1v) is 6.95. The molecular formula is C13H11N5O2S. The normalized spacial score (nSPS) is 10.8. The summed E-state index contributed by atoms with van der Waals surface area (Å²) in [5.41, 5.74) is 2.01. The van der Waals surface area contributed by atoms with E-state index in [1.807, 2.05) is 38.1 Å². The van der Waals surface area contributed by atoms with Crippen LogP contribution < -0.4 is 0 Å². The number of nitrogens with zero attached hydrogens (tertiary/aromatic N) is 5. The van der Waals surface area contributed by atoms with Crippen molar-refractivity contribution in [3.05, 3.63) is 40.5 Å². The quantitative estimate of drug-likeness (QED) is 0.796. The molecule has 0 amide bonds. The summed E-state index contributed by atoms with van der Waals surface area (Å²) in [5.74, 6) is -1.12. The van der Waals surface area contributed by atoms with Crippen molar-refractivity contribution in [2.45, 2.75) is 13.8 Å². The van der Waals surface area contributed by atoms with Gasteiger partial charge in [0.25, 0.3) is 0 Å². The van der Waals surface area contributed by atoms with Crippen LogP contribution in [0.4, 0.5) is 0 Å². The molecule has 0 saturated heterocycles. The minimum Gasteiger partial charge on any atom is -0.476 e. The van der Waals surface area contributed by atoms with Gasteiger partial charge in [-0.15, -0.1) is 15.3 Å². The Morgan fingerprint density at radius 2 is 1.95 bits per heavy atom. The lowest BCUT2D eigenvalue weighted by Gasteiger charge is -2.06. The fraction of sp³-hybridized carbons (Fsp3) is 0.154. The number of rotatable bonds is 3. The van der Waals surface area contributed by atoms with Gasteiger partial charge in [0.2, 0.25) is 5.13 Å². The summed E-state index contributed by atoms with van der Waals surface area (Å²) < 4.78 is 1.43. The molecule has 0 atom stereocenters. The second-order valence-corrected chi connectivity index (χ2v) is 5.58. The Bertz CT molecular complexity index is 824. The SMILES string of the molecule is Cc1nnc(-n2nnc(C(=O)O)c2-c2ccccc2C)s1. The van der Waals surface area contributed by atoms with Crippen LogP contribution in [0.3, 0.4) is 0 Å². The van der Waals surface area contributed by atoms with Gasteiger partial charge in [-0.05, 0) is 19.4 Å². The number of hydrogen-bond donors (Lipinski definition) is 1. The average Bonchev–Trinajstić information content (AvgIpc) is 3.05. The highest BCUT2D eigenvalue weighted by Gasteiger charge is 2.24. The van der Waals surface area contributed by atoms with Crippen LogP contribution in [0.1, 0.15) is 21.1 Å². The Morgan fingerprint density at radius 3 is 2.57 bits per heavy atom. The summed E-state index contributed by atoms with van der Waals surface area (Å²) in [6, 6.07) is 7.48. The molecule has 8 heteroatoms. The monoisotopic (exact) mass is 301 g/mol. The minimum absolute atomic E-state index is 0.0999. The summed E-state index contributed by atoms with van der Waals surface area (Å²) in [6.07, 6.45) is 0. The highest BCUT2D eigenvalue weighted by molar-refractivity contribution is 7.13. The van der Waals surface area contributed by atoms with Crippen LogP contribution in [0.2, 0.25) is 0 Å². The molecule has 3 rings (SSSR count). The van der Waals surface area contributed by atoms with Gasteiger partial charge >= 0.3 is 5.97 Å². The van der Waals surface area contributed by atoms with E-state index in [0.717, 1.165) is 16.1 Å². The van der Waals surface area contributed by atoms with E-state index in [-0.39, 0.29) is 5.69 Å². The molecule has 106 valence electrons. The Balaban J connectivity index is 2.28. The van der Waals surface area contributed by atoms with Crippen LogP contribution in [0.25, 0.3) is 16.4 Å². The third-order valence-electron chi connectivity index (χ3n) is 2.97. The second kappa shape index (κ2) is 5.06. The molecule has 7 nitrogen and oxygen atoms in total.